The van der Waals surface area contributed by atoms with E-state index in [1.54, 1.807) is 0 Å². The molecule has 0 aromatic carbocycles. The van der Waals surface area contributed by atoms with Gasteiger partial charge in [0.05, 0.1) is 0 Å². The van der Waals surface area contributed by atoms with Crippen LogP contribution in [0.25, 0.3) is 0 Å². The number of nitrogens with one attached hydrogen (secondary N) is 1. The van der Waals surface area contributed by atoms with Crippen LogP contribution in [-0.4, -0.2) is 36.6 Å². The van der Waals surface area contributed by atoms with E-state index in [0.29, 0.717) is 12.3 Å². The molecule has 2 rings (SSSR count). The average Bonchev–Trinajstić information content (AvgIpc) is 2.42. The van der Waals surface area contributed by atoms with Crippen LogP contribution in [0.4, 0.5) is 23.2 Å². The lowest BCUT2D eigenvalue weighted by Gasteiger charge is -2.29. The van der Waals surface area contributed by atoms with E-state index in [1.807, 2.05) is 7.05 Å². The maximum Gasteiger partial charge on any atom is 0.253 e. The summed E-state index contributed by atoms with van der Waals surface area (Å²) in [5.41, 5.74) is -0.775. The third kappa shape index (κ3) is 3.39. The van der Waals surface area contributed by atoms with Crippen LogP contribution in [0.2, 0.25) is 0 Å². The number of hydrogen-bond donors (Lipinski definition) is 1. The number of nitrogens with zero attached hydrogens (tertiary/aromatic N) is 2. The molecule has 0 amide bonds. The van der Waals surface area contributed by atoms with E-state index < -0.39 is 29.2 Å². The van der Waals surface area contributed by atoms with Gasteiger partial charge in [0, 0.05) is 6.54 Å². The number of rotatable bonds is 4. The maximum atomic E-state index is 13.3. The molecule has 1 saturated heterocycles. The van der Waals surface area contributed by atoms with Crippen LogP contribution >= 0.6 is 0 Å². The maximum absolute atomic E-state index is 13.3. The Labute approximate surface area is 115 Å². The van der Waals surface area contributed by atoms with Gasteiger partial charge < -0.3 is 10.2 Å². The van der Waals surface area contributed by atoms with E-state index >= 15 is 0 Å². The minimum absolute atomic E-state index is 0.269. The lowest BCUT2D eigenvalue weighted by Crippen LogP contribution is -2.31. The van der Waals surface area contributed by atoms with Crippen LogP contribution < -0.4 is 5.32 Å². The number of halogens is 4. The fourth-order valence-corrected chi connectivity index (χ4v) is 2.39. The fraction of sp³-hybridized carbons (Fsp3) is 0.615. The zero-order chi connectivity index (χ0) is 14.7. The van der Waals surface area contributed by atoms with Gasteiger partial charge in [0.2, 0.25) is 11.6 Å². The average molecular weight is 291 g/mol. The third-order valence-corrected chi connectivity index (χ3v) is 3.69. The molecule has 3 nitrogen and oxygen atoms in total. The second-order valence-electron chi connectivity index (χ2n) is 5.16. The number of aromatic nitrogens is 1. The lowest BCUT2D eigenvalue weighted by atomic mass is 9.94. The predicted molar refractivity (Wildman–Crippen MR) is 67.4 cm³/mol. The molecule has 1 aromatic heterocycles. The first-order chi connectivity index (χ1) is 9.49. The first kappa shape index (κ1) is 15.0. The number of hydrogen-bond acceptors (Lipinski definition) is 3. The predicted octanol–water partition coefficient (Wildman–Crippen LogP) is 2.78. The molecule has 0 unspecified atom stereocenters. The second kappa shape index (κ2) is 6.39. The summed E-state index contributed by atoms with van der Waals surface area (Å²) in [5, 5.41) is 2.44. The van der Waals surface area contributed by atoms with Gasteiger partial charge in [-0.05, 0) is 45.3 Å². The van der Waals surface area contributed by atoms with Crippen molar-refractivity contribution in [1.82, 2.24) is 9.88 Å². The molecule has 1 aromatic rings. The highest BCUT2D eigenvalue weighted by atomic mass is 19.2. The Morgan fingerprint density at radius 3 is 2.20 bits per heavy atom. The molecule has 112 valence electrons. The van der Waals surface area contributed by atoms with Gasteiger partial charge in [0.15, 0.2) is 0 Å². The highest BCUT2D eigenvalue weighted by molar-refractivity contribution is 5.45. The van der Waals surface area contributed by atoms with Crippen LogP contribution in [0.15, 0.2) is 0 Å². The van der Waals surface area contributed by atoms with Crippen LogP contribution in [0, 0.1) is 29.4 Å². The lowest BCUT2D eigenvalue weighted by molar-refractivity contribution is 0.215. The molecule has 1 aliphatic heterocycles. The van der Waals surface area contributed by atoms with E-state index in [1.165, 1.54) is 0 Å². The highest BCUT2D eigenvalue weighted by Gasteiger charge is 2.21. The number of likely N-dealkylation sites (tertiary alicyclic amines) is 1. The molecular formula is C13H17F4N3. The summed E-state index contributed by atoms with van der Waals surface area (Å²) in [6, 6.07) is 0. The molecular weight excluding hydrogens is 274 g/mol. The van der Waals surface area contributed by atoms with Crippen molar-refractivity contribution in [2.75, 3.05) is 32.0 Å². The summed E-state index contributed by atoms with van der Waals surface area (Å²) in [7, 11) is 2.04. The Bertz CT molecular complexity index is 447. The van der Waals surface area contributed by atoms with Crippen LogP contribution in [0.1, 0.15) is 19.3 Å². The second-order valence-corrected chi connectivity index (χ2v) is 5.16. The van der Waals surface area contributed by atoms with Crippen molar-refractivity contribution >= 4 is 5.69 Å². The van der Waals surface area contributed by atoms with Crippen molar-refractivity contribution in [2.45, 2.75) is 19.3 Å². The van der Waals surface area contributed by atoms with Gasteiger partial charge in [-0.15, -0.1) is 0 Å². The number of pyridine rings is 1. The molecule has 2 heterocycles. The van der Waals surface area contributed by atoms with Gasteiger partial charge in [0.25, 0.3) is 11.9 Å². The van der Waals surface area contributed by atoms with Crippen molar-refractivity contribution < 1.29 is 17.6 Å². The Morgan fingerprint density at radius 2 is 1.65 bits per heavy atom. The Morgan fingerprint density at radius 1 is 1.10 bits per heavy atom. The Balaban J connectivity index is 1.91. The van der Waals surface area contributed by atoms with E-state index in [2.05, 4.69) is 15.2 Å². The monoisotopic (exact) mass is 291 g/mol. The first-order valence-electron chi connectivity index (χ1n) is 6.61. The zero-order valence-corrected chi connectivity index (χ0v) is 11.2. The van der Waals surface area contributed by atoms with Gasteiger partial charge in [-0.1, -0.05) is 0 Å². The molecule has 20 heavy (non-hydrogen) atoms. The molecule has 0 atom stereocenters. The third-order valence-electron chi connectivity index (χ3n) is 3.69. The minimum atomic E-state index is -1.63. The summed E-state index contributed by atoms with van der Waals surface area (Å²) in [5.74, 6) is -5.77. The normalized spacial score (nSPS) is 17.4. The quantitative estimate of drug-likeness (QED) is 0.683. The van der Waals surface area contributed by atoms with E-state index in [4.69, 9.17) is 0 Å². The molecule has 1 fully saturated rings. The van der Waals surface area contributed by atoms with Gasteiger partial charge >= 0.3 is 0 Å². The van der Waals surface area contributed by atoms with Gasteiger partial charge in [-0.25, -0.2) is 0 Å². The van der Waals surface area contributed by atoms with Crippen molar-refractivity contribution in [1.29, 1.82) is 0 Å². The van der Waals surface area contributed by atoms with E-state index in [-0.39, 0.29) is 6.54 Å². The summed E-state index contributed by atoms with van der Waals surface area (Å²) >= 11 is 0. The Kier molecular flexibility index (Phi) is 4.80. The zero-order valence-electron chi connectivity index (χ0n) is 11.2. The van der Waals surface area contributed by atoms with E-state index in [0.717, 1.165) is 25.9 Å². The van der Waals surface area contributed by atoms with Crippen molar-refractivity contribution in [3.63, 3.8) is 0 Å². The van der Waals surface area contributed by atoms with Crippen molar-refractivity contribution in [3.05, 3.63) is 23.5 Å². The molecule has 0 spiro atoms. The van der Waals surface area contributed by atoms with Crippen molar-refractivity contribution in [3.8, 4) is 0 Å². The number of anilines is 1. The molecule has 0 aliphatic carbocycles. The topological polar surface area (TPSA) is 28.2 Å². The fourth-order valence-electron chi connectivity index (χ4n) is 2.39. The molecule has 0 saturated carbocycles. The van der Waals surface area contributed by atoms with E-state index in [9.17, 15) is 17.6 Å². The Hall–Kier alpha value is -1.37. The molecule has 0 bridgehead atoms. The van der Waals surface area contributed by atoms with Crippen LogP contribution in [-0.2, 0) is 0 Å². The summed E-state index contributed by atoms with van der Waals surface area (Å²) in [6.45, 7) is 2.25. The molecule has 1 aliphatic rings. The van der Waals surface area contributed by atoms with Gasteiger partial charge in [-0.3, -0.25) is 0 Å². The molecule has 1 N–H and O–H groups in total. The van der Waals surface area contributed by atoms with Crippen LogP contribution in [0.3, 0.4) is 0 Å². The standard InChI is InChI=1S/C13H17F4N3/c1-20-6-3-8(4-7-20)2-5-18-11-9(14)12(16)19-13(17)10(11)15/h8H,2-7H2,1H3,(H,18,19). The largest absolute Gasteiger partial charge is 0.380 e. The van der Waals surface area contributed by atoms with Crippen LogP contribution in [0.5, 0.6) is 0 Å². The van der Waals surface area contributed by atoms with Gasteiger partial charge in [0.1, 0.15) is 5.69 Å². The highest BCUT2D eigenvalue weighted by Crippen LogP contribution is 2.23. The SMILES string of the molecule is CN1CCC(CCNc2c(F)c(F)nc(F)c2F)CC1. The van der Waals surface area contributed by atoms with Gasteiger partial charge in [-0.2, -0.15) is 22.5 Å². The summed E-state index contributed by atoms with van der Waals surface area (Å²) in [4.78, 5) is 4.73. The number of piperidine rings is 1. The van der Waals surface area contributed by atoms with Crippen molar-refractivity contribution in [2.24, 2.45) is 5.92 Å². The molecule has 0 radical (unpaired) electrons. The smallest absolute Gasteiger partial charge is 0.253 e. The first-order valence-corrected chi connectivity index (χ1v) is 6.61. The summed E-state index contributed by atoms with van der Waals surface area (Å²) in [6.07, 6.45) is 2.74. The minimum Gasteiger partial charge on any atom is -0.380 e. The summed E-state index contributed by atoms with van der Waals surface area (Å²) < 4.78 is 52.5. The molecule has 7 heteroatoms.